The van der Waals surface area contributed by atoms with E-state index in [2.05, 4.69) is 12.2 Å². The van der Waals surface area contributed by atoms with E-state index in [4.69, 9.17) is 11.5 Å². The van der Waals surface area contributed by atoms with Crippen LogP contribution < -0.4 is 16.8 Å². The Balaban J connectivity index is 2.58. The molecular weight excluding hydrogens is 336 g/mol. The quantitative estimate of drug-likeness (QED) is 0.710. The molecule has 0 aromatic rings. The predicted molar refractivity (Wildman–Crippen MR) is 99.8 cm³/mol. The van der Waals surface area contributed by atoms with Crippen molar-refractivity contribution in [2.24, 2.45) is 28.7 Å². The molecule has 1 unspecified atom stereocenters. The van der Waals surface area contributed by atoms with E-state index in [9.17, 15) is 13.6 Å². The van der Waals surface area contributed by atoms with E-state index in [1.54, 1.807) is 20.0 Å². The normalized spacial score (nSPS) is 30.4. The summed E-state index contributed by atoms with van der Waals surface area (Å²) in [5, 5.41) is 2.67. The van der Waals surface area contributed by atoms with Crippen LogP contribution in [0.1, 0.15) is 46.5 Å². The van der Waals surface area contributed by atoms with Crippen molar-refractivity contribution in [3.63, 3.8) is 0 Å². The van der Waals surface area contributed by atoms with Crippen molar-refractivity contribution in [3.05, 3.63) is 46.3 Å². The monoisotopic (exact) mass is 365 g/mol. The maximum Gasteiger partial charge on any atom is 0.231 e. The lowest BCUT2D eigenvalue weighted by atomic mass is 9.64. The van der Waals surface area contributed by atoms with Crippen LogP contribution in [0.2, 0.25) is 0 Å². The third-order valence-electron chi connectivity index (χ3n) is 5.82. The zero-order chi connectivity index (χ0) is 19.6. The van der Waals surface area contributed by atoms with Crippen LogP contribution in [0, 0.1) is 17.3 Å². The van der Waals surface area contributed by atoms with E-state index >= 15 is 0 Å². The highest BCUT2D eigenvalue weighted by Crippen LogP contribution is 2.46. The van der Waals surface area contributed by atoms with Gasteiger partial charge in [-0.2, -0.15) is 0 Å². The molecule has 2 aliphatic rings. The third-order valence-corrected chi connectivity index (χ3v) is 5.82. The number of nitrogens with one attached hydrogen (secondary N) is 1. The summed E-state index contributed by atoms with van der Waals surface area (Å²) in [6.45, 7) is 5.88. The molecule has 26 heavy (non-hydrogen) atoms. The van der Waals surface area contributed by atoms with Gasteiger partial charge in [0.2, 0.25) is 5.91 Å². The maximum atomic E-state index is 14.1. The summed E-state index contributed by atoms with van der Waals surface area (Å²) < 4.78 is 28.2. The molecule has 5 N–H and O–H groups in total. The van der Waals surface area contributed by atoms with Gasteiger partial charge in [0, 0.05) is 24.9 Å². The predicted octanol–water partition coefficient (Wildman–Crippen LogP) is 3.73. The van der Waals surface area contributed by atoms with E-state index in [1.807, 2.05) is 6.92 Å². The van der Waals surface area contributed by atoms with Gasteiger partial charge in [-0.25, -0.2) is 8.78 Å². The number of allylic oxidation sites excluding steroid dienone is 5. The number of nitrogens with two attached hydrogens (primary N) is 2. The molecule has 0 bridgehead atoms. The van der Waals surface area contributed by atoms with E-state index in [0.717, 1.165) is 6.42 Å². The van der Waals surface area contributed by atoms with Gasteiger partial charge in [0.25, 0.3) is 0 Å². The maximum absolute atomic E-state index is 14.1. The first-order chi connectivity index (χ1) is 12.2. The lowest BCUT2D eigenvalue weighted by Gasteiger charge is -2.41. The zero-order valence-electron chi connectivity index (χ0n) is 16.0. The Labute approximate surface area is 154 Å². The number of carbonyl (C=O) groups excluding carboxylic acids is 1. The van der Waals surface area contributed by atoms with Crippen LogP contribution >= 0.6 is 0 Å². The average molecular weight is 365 g/mol. The van der Waals surface area contributed by atoms with Crippen molar-refractivity contribution in [1.29, 1.82) is 0 Å². The summed E-state index contributed by atoms with van der Waals surface area (Å²) >= 11 is 0. The van der Waals surface area contributed by atoms with Crippen LogP contribution in [-0.2, 0) is 4.79 Å². The first-order valence-electron chi connectivity index (χ1n) is 9.11. The second-order valence-electron chi connectivity index (χ2n) is 7.41. The first-order valence-corrected chi connectivity index (χ1v) is 9.11. The Morgan fingerprint density at radius 2 is 2.12 bits per heavy atom. The van der Waals surface area contributed by atoms with Gasteiger partial charge in [0.15, 0.2) is 0 Å². The van der Waals surface area contributed by atoms with E-state index in [-0.39, 0.29) is 35.4 Å². The number of hydrogen-bond acceptors (Lipinski definition) is 3. The van der Waals surface area contributed by atoms with Gasteiger partial charge in [-0.1, -0.05) is 20.3 Å². The van der Waals surface area contributed by atoms with Crippen molar-refractivity contribution >= 4 is 5.91 Å². The van der Waals surface area contributed by atoms with Gasteiger partial charge in [0.1, 0.15) is 11.7 Å². The number of rotatable bonds is 4. The summed E-state index contributed by atoms with van der Waals surface area (Å²) in [4.78, 5) is 12.5. The van der Waals surface area contributed by atoms with Gasteiger partial charge < -0.3 is 16.8 Å². The molecule has 2 rings (SSSR count). The average Bonchev–Trinajstić information content (AvgIpc) is 2.60. The molecule has 0 radical (unpaired) electrons. The SMILES string of the molecule is CCC1C[C@](C)(C(=O)NC)C(N)=C(/C=C(\N)C2=C(F)CCC=C2F)[C@H]1C. The number of amides is 1. The number of hydrogen-bond donors (Lipinski definition) is 3. The van der Waals surface area contributed by atoms with Crippen molar-refractivity contribution in [2.75, 3.05) is 7.05 Å². The van der Waals surface area contributed by atoms with Crippen molar-refractivity contribution in [3.8, 4) is 0 Å². The van der Waals surface area contributed by atoms with Crippen molar-refractivity contribution < 1.29 is 13.6 Å². The Morgan fingerprint density at radius 3 is 2.65 bits per heavy atom. The van der Waals surface area contributed by atoms with Gasteiger partial charge in [-0.05, 0) is 49.3 Å². The molecule has 0 fully saturated rings. The van der Waals surface area contributed by atoms with Crippen LogP contribution in [0.15, 0.2) is 46.3 Å². The van der Waals surface area contributed by atoms with Crippen LogP contribution in [-0.4, -0.2) is 13.0 Å². The molecular formula is C20H29F2N3O. The van der Waals surface area contributed by atoms with E-state index in [0.29, 0.717) is 24.1 Å². The van der Waals surface area contributed by atoms with Crippen molar-refractivity contribution in [2.45, 2.75) is 46.5 Å². The minimum atomic E-state index is -0.873. The molecule has 0 saturated carbocycles. The van der Waals surface area contributed by atoms with Crippen LogP contribution in [0.3, 0.4) is 0 Å². The van der Waals surface area contributed by atoms with Gasteiger partial charge in [-0.3, -0.25) is 4.79 Å². The molecule has 0 spiro atoms. The second kappa shape index (κ2) is 7.64. The summed E-state index contributed by atoms with van der Waals surface area (Å²) in [5.41, 5.74) is 12.5. The van der Waals surface area contributed by atoms with Crippen LogP contribution in [0.4, 0.5) is 8.78 Å². The van der Waals surface area contributed by atoms with Gasteiger partial charge in [-0.15, -0.1) is 0 Å². The van der Waals surface area contributed by atoms with Gasteiger partial charge in [0.05, 0.1) is 11.0 Å². The molecule has 0 aromatic heterocycles. The summed E-state index contributed by atoms with van der Waals surface area (Å²) in [6, 6.07) is 0. The molecule has 3 atom stereocenters. The summed E-state index contributed by atoms with van der Waals surface area (Å²) in [6.07, 6.45) is 4.83. The van der Waals surface area contributed by atoms with Crippen LogP contribution in [0.25, 0.3) is 0 Å². The number of carbonyl (C=O) groups is 1. The zero-order valence-corrected chi connectivity index (χ0v) is 16.0. The first kappa shape index (κ1) is 20.2. The van der Waals surface area contributed by atoms with Crippen molar-refractivity contribution in [1.82, 2.24) is 5.32 Å². The Kier molecular flexibility index (Phi) is 5.94. The minimum Gasteiger partial charge on any atom is -0.401 e. The lowest BCUT2D eigenvalue weighted by molar-refractivity contribution is -0.129. The third kappa shape index (κ3) is 3.41. The summed E-state index contributed by atoms with van der Waals surface area (Å²) in [7, 11) is 1.58. The van der Waals surface area contributed by atoms with Crippen LogP contribution in [0.5, 0.6) is 0 Å². The fourth-order valence-corrected chi connectivity index (χ4v) is 4.04. The highest BCUT2D eigenvalue weighted by Gasteiger charge is 2.44. The fourth-order valence-electron chi connectivity index (χ4n) is 4.04. The molecule has 0 aliphatic heterocycles. The molecule has 4 nitrogen and oxygen atoms in total. The number of halogens is 2. The summed E-state index contributed by atoms with van der Waals surface area (Å²) in [5.74, 6) is -1.11. The Bertz CT molecular complexity index is 721. The second-order valence-corrected chi connectivity index (χ2v) is 7.41. The Morgan fingerprint density at radius 1 is 1.46 bits per heavy atom. The van der Waals surface area contributed by atoms with E-state index < -0.39 is 17.1 Å². The van der Waals surface area contributed by atoms with Gasteiger partial charge >= 0.3 is 0 Å². The molecule has 0 aromatic carbocycles. The molecule has 0 heterocycles. The smallest absolute Gasteiger partial charge is 0.231 e. The minimum absolute atomic E-state index is 0.0109. The van der Waals surface area contributed by atoms with E-state index in [1.165, 1.54) is 6.08 Å². The fraction of sp³-hybridized carbons (Fsp3) is 0.550. The molecule has 1 amide bonds. The highest BCUT2D eigenvalue weighted by molar-refractivity contribution is 5.85. The standard InChI is InChI=1S/C20H29F2N3O/c1-5-12-10-20(3,19(26)25-4)18(24)13(11(12)2)9-16(23)17-14(21)7-6-8-15(17)22/h7,9,11-12H,5-6,8,10,23-24H2,1-4H3,(H,25,26)/b16-9-/t11-,12?,20-/m0/s1. The molecule has 0 saturated heterocycles. The molecule has 2 aliphatic carbocycles. The highest BCUT2D eigenvalue weighted by atomic mass is 19.1. The topological polar surface area (TPSA) is 81.1 Å². The largest absolute Gasteiger partial charge is 0.401 e. The lowest BCUT2D eigenvalue weighted by Crippen LogP contribution is -2.46. The Hall–Kier alpha value is -2.11. The molecule has 144 valence electrons. The molecule has 6 heteroatoms.